The zero-order chi connectivity index (χ0) is 18.6. The van der Waals surface area contributed by atoms with Gasteiger partial charge in [-0.2, -0.15) is 0 Å². The van der Waals surface area contributed by atoms with Gasteiger partial charge in [0.15, 0.2) is 5.96 Å². The fourth-order valence-corrected chi connectivity index (χ4v) is 3.84. The van der Waals surface area contributed by atoms with Crippen LogP contribution in [0.3, 0.4) is 0 Å². The Labute approximate surface area is 179 Å². The number of nitrogens with one attached hydrogen (secondary N) is 2. The molecule has 2 N–H and O–H groups in total. The second-order valence-electron chi connectivity index (χ2n) is 7.77. The number of ether oxygens (including phenoxy) is 1. The minimum Gasteiger partial charge on any atom is -0.381 e. The third-order valence-corrected chi connectivity index (χ3v) is 6.07. The van der Waals surface area contributed by atoms with E-state index in [-0.39, 0.29) is 40.7 Å². The molecule has 1 saturated carbocycles. The molecule has 0 aromatic heterocycles. The first-order chi connectivity index (χ1) is 12.5. The zero-order valence-corrected chi connectivity index (χ0v) is 18.9. The van der Waals surface area contributed by atoms with Gasteiger partial charge in [-0.15, -0.1) is 24.0 Å². The lowest BCUT2D eigenvalue weighted by molar-refractivity contribution is -0.00501. The fraction of sp³-hybridized carbons (Fsp3) is 0.650. The summed E-state index contributed by atoms with van der Waals surface area (Å²) in [5.41, 5.74) is 0.802. The summed E-state index contributed by atoms with van der Waals surface area (Å²) in [7, 11) is 6.03. The first kappa shape index (κ1) is 22.4. The number of nitrogens with zero attached hydrogens (tertiary/aromatic N) is 2. The minimum atomic E-state index is -0.108. The molecule has 1 aromatic carbocycles. The molecule has 3 rings (SSSR count). The molecular formula is C20H32FIN4O. The van der Waals surface area contributed by atoms with E-state index in [1.807, 2.05) is 12.1 Å². The minimum absolute atomic E-state index is 0. The van der Waals surface area contributed by atoms with Gasteiger partial charge >= 0.3 is 0 Å². The smallest absolute Gasteiger partial charge is 0.191 e. The van der Waals surface area contributed by atoms with Gasteiger partial charge in [-0.05, 0) is 51.4 Å². The quantitative estimate of drug-likeness (QED) is 0.366. The van der Waals surface area contributed by atoms with Crippen LogP contribution in [0, 0.1) is 5.82 Å². The highest BCUT2D eigenvalue weighted by Crippen LogP contribution is 2.48. The molecule has 7 heteroatoms. The summed E-state index contributed by atoms with van der Waals surface area (Å²) in [5, 5.41) is 6.89. The Balaban J connectivity index is 0.00000261. The van der Waals surface area contributed by atoms with E-state index in [9.17, 15) is 4.39 Å². The summed E-state index contributed by atoms with van der Waals surface area (Å²) in [6.45, 7) is 3.10. The number of benzene rings is 1. The molecule has 2 aliphatic rings. The highest BCUT2D eigenvalue weighted by Gasteiger charge is 2.46. The zero-order valence-electron chi connectivity index (χ0n) is 16.6. The summed E-state index contributed by atoms with van der Waals surface area (Å²) in [6, 6.07) is 7.12. The van der Waals surface area contributed by atoms with Gasteiger partial charge in [0, 0.05) is 44.3 Å². The van der Waals surface area contributed by atoms with E-state index in [0.717, 1.165) is 57.0 Å². The average Bonchev–Trinajstić information content (AvgIpc) is 3.44. The SMILES string of the molecule is CN=C(NCC1(c2ccccc2F)CC1)NCC1(N(C)C)CCOCC1.I. The van der Waals surface area contributed by atoms with Crippen LogP contribution in [0.4, 0.5) is 4.39 Å². The summed E-state index contributed by atoms with van der Waals surface area (Å²) in [5.74, 6) is 0.670. The van der Waals surface area contributed by atoms with Gasteiger partial charge in [-0.1, -0.05) is 18.2 Å². The molecule has 0 unspecified atom stereocenters. The molecule has 1 aliphatic carbocycles. The molecule has 1 saturated heterocycles. The number of rotatable bonds is 6. The van der Waals surface area contributed by atoms with Crippen molar-refractivity contribution >= 4 is 29.9 Å². The monoisotopic (exact) mass is 490 g/mol. The lowest BCUT2D eigenvalue weighted by Crippen LogP contribution is -2.57. The predicted octanol–water partition coefficient (Wildman–Crippen LogP) is 2.75. The molecule has 0 atom stereocenters. The highest BCUT2D eigenvalue weighted by molar-refractivity contribution is 14.0. The Morgan fingerprint density at radius 3 is 2.30 bits per heavy atom. The molecule has 5 nitrogen and oxygen atoms in total. The van der Waals surface area contributed by atoms with Crippen molar-refractivity contribution in [3.8, 4) is 0 Å². The van der Waals surface area contributed by atoms with Crippen LogP contribution in [0.25, 0.3) is 0 Å². The molecule has 1 aromatic rings. The maximum absolute atomic E-state index is 14.2. The molecule has 0 spiro atoms. The molecule has 2 fully saturated rings. The van der Waals surface area contributed by atoms with E-state index in [4.69, 9.17) is 4.74 Å². The molecule has 0 radical (unpaired) electrons. The molecule has 0 bridgehead atoms. The van der Waals surface area contributed by atoms with Crippen LogP contribution in [0.15, 0.2) is 29.3 Å². The normalized spacial score (nSPS) is 20.7. The fourth-order valence-electron chi connectivity index (χ4n) is 3.84. The predicted molar refractivity (Wildman–Crippen MR) is 119 cm³/mol. The Morgan fingerprint density at radius 1 is 1.11 bits per heavy atom. The first-order valence-electron chi connectivity index (χ1n) is 9.46. The number of guanidine groups is 1. The second kappa shape index (κ2) is 9.52. The van der Waals surface area contributed by atoms with Gasteiger partial charge in [-0.3, -0.25) is 4.99 Å². The van der Waals surface area contributed by atoms with Gasteiger partial charge in [0.2, 0.25) is 0 Å². The van der Waals surface area contributed by atoms with E-state index in [0.29, 0.717) is 6.54 Å². The second-order valence-corrected chi connectivity index (χ2v) is 7.77. The molecule has 1 heterocycles. The summed E-state index contributed by atoms with van der Waals surface area (Å²) in [4.78, 5) is 6.65. The lowest BCUT2D eigenvalue weighted by Gasteiger charge is -2.43. The molecule has 1 aliphatic heterocycles. The third-order valence-electron chi connectivity index (χ3n) is 6.07. The molecule has 27 heavy (non-hydrogen) atoms. The van der Waals surface area contributed by atoms with E-state index in [2.05, 4.69) is 34.6 Å². The van der Waals surface area contributed by atoms with E-state index >= 15 is 0 Å². The van der Waals surface area contributed by atoms with Crippen LogP contribution >= 0.6 is 24.0 Å². The Hall–Kier alpha value is -0.930. The molecule has 0 amide bonds. The van der Waals surface area contributed by atoms with Crippen molar-refractivity contribution < 1.29 is 9.13 Å². The highest BCUT2D eigenvalue weighted by atomic mass is 127. The van der Waals surface area contributed by atoms with E-state index in [1.54, 1.807) is 19.2 Å². The van der Waals surface area contributed by atoms with Crippen LogP contribution in [-0.4, -0.2) is 63.8 Å². The van der Waals surface area contributed by atoms with Crippen molar-refractivity contribution in [2.24, 2.45) is 4.99 Å². The summed E-state index contributed by atoms with van der Waals surface area (Å²) >= 11 is 0. The van der Waals surface area contributed by atoms with Crippen LogP contribution in [0.5, 0.6) is 0 Å². The van der Waals surface area contributed by atoms with E-state index < -0.39 is 0 Å². The maximum atomic E-state index is 14.2. The number of hydrogen-bond donors (Lipinski definition) is 2. The van der Waals surface area contributed by atoms with Gasteiger partial charge in [0.05, 0.1) is 0 Å². The van der Waals surface area contributed by atoms with Gasteiger partial charge < -0.3 is 20.3 Å². The third kappa shape index (κ3) is 5.12. The van der Waals surface area contributed by atoms with Crippen LogP contribution in [0.2, 0.25) is 0 Å². The van der Waals surface area contributed by atoms with E-state index in [1.165, 1.54) is 0 Å². The maximum Gasteiger partial charge on any atom is 0.191 e. The topological polar surface area (TPSA) is 48.9 Å². The van der Waals surface area contributed by atoms with Crippen LogP contribution < -0.4 is 10.6 Å². The Morgan fingerprint density at radius 2 is 1.74 bits per heavy atom. The Kier molecular flexibility index (Phi) is 7.88. The van der Waals surface area contributed by atoms with Gasteiger partial charge in [0.1, 0.15) is 5.82 Å². The average molecular weight is 490 g/mol. The summed E-state index contributed by atoms with van der Waals surface area (Å²) < 4.78 is 19.7. The van der Waals surface area contributed by atoms with Crippen molar-refractivity contribution in [3.05, 3.63) is 35.6 Å². The van der Waals surface area contributed by atoms with Crippen LogP contribution in [-0.2, 0) is 10.2 Å². The number of halogens is 2. The molecule has 152 valence electrons. The van der Waals surface area contributed by atoms with Crippen LogP contribution in [0.1, 0.15) is 31.2 Å². The largest absolute Gasteiger partial charge is 0.381 e. The van der Waals surface area contributed by atoms with Crippen molar-refractivity contribution in [2.45, 2.75) is 36.6 Å². The van der Waals surface area contributed by atoms with Crippen molar-refractivity contribution in [3.63, 3.8) is 0 Å². The number of likely N-dealkylation sites (N-methyl/N-ethyl adjacent to an activating group) is 1. The first-order valence-corrected chi connectivity index (χ1v) is 9.46. The number of aliphatic imine (C=N–C) groups is 1. The van der Waals surface area contributed by atoms with Crippen molar-refractivity contribution in [1.82, 2.24) is 15.5 Å². The van der Waals surface area contributed by atoms with Crippen molar-refractivity contribution in [2.75, 3.05) is 47.4 Å². The number of hydrogen-bond acceptors (Lipinski definition) is 3. The summed E-state index contributed by atoms with van der Waals surface area (Å²) in [6.07, 6.45) is 4.03. The van der Waals surface area contributed by atoms with Gasteiger partial charge in [0.25, 0.3) is 0 Å². The standard InChI is InChI=1S/C20H31FN4O.HI/c1-22-18(24-15-20(25(2)3)10-12-26-13-11-20)23-14-19(8-9-19)16-6-4-5-7-17(16)21;/h4-7H,8-15H2,1-3H3,(H2,22,23,24);1H. The Bertz CT molecular complexity index is 643. The van der Waals surface area contributed by atoms with Gasteiger partial charge in [-0.25, -0.2) is 4.39 Å². The van der Waals surface area contributed by atoms with Crippen molar-refractivity contribution in [1.29, 1.82) is 0 Å². The molecular weight excluding hydrogens is 458 g/mol. The lowest BCUT2D eigenvalue weighted by atomic mass is 9.88.